The van der Waals surface area contributed by atoms with Crippen LogP contribution in [0.4, 0.5) is 19.2 Å². The number of aliphatic hydroxyl groups excluding tert-OH is 1. The van der Waals surface area contributed by atoms with Gasteiger partial charge in [-0.2, -0.15) is 13.2 Å². The van der Waals surface area contributed by atoms with Gasteiger partial charge in [-0.3, -0.25) is 0 Å². The van der Waals surface area contributed by atoms with Gasteiger partial charge in [0, 0.05) is 24.9 Å². The molecule has 0 aliphatic carbocycles. The van der Waals surface area contributed by atoms with E-state index in [0.29, 0.717) is 24.4 Å². The fourth-order valence-electron chi connectivity index (χ4n) is 2.38. The number of aromatic nitrogens is 1. The molecule has 132 valence electrons. The number of oxazole rings is 1. The molecule has 2 N–H and O–H groups in total. The van der Waals surface area contributed by atoms with E-state index in [2.05, 4.69) is 10.3 Å². The van der Waals surface area contributed by atoms with E-state index in [1.54, 1.807) is 0 Å². The lowest BCUT2D eigenvalue weighted by molar-refractivity contribution is -0.137. The predicted octanol–water partition coefficient (Wildman–Crippen LogP) is 3.48. The summed E-state index contributed by atoms with van der Waals surface area (Å²) < 4.78 is 43.3. The fraction of sp³-hybridized carbons (Fsp3) is 0.235. The van der Waals surface area contributed by atoms with Gasteiger partial charge in [0.2, 0.25) is 0 Å². The molecule has 0 unspecified atom stereocenters. The Bertz CT molecular complexity index is 779. The highest BCUT2D eigenvalue weighted by atomic mass is 19.4. The van der Waals surface area contributed by atoms with Crippen molar-refractivity contribution in [2.75, 3.05) is 25.0 Å². The maximum Gasteiger partial charge on any atom is 0.416 e. The second kappa shape index (κ2) is 7.02. The molecule has 5 nitrogen and oxygen atoms in total. The smallest absolute Gasteiger partial charge is 0.416 e. The highest BCUT2D eigenvalue weighted by Gasteiger charge is 2.30. The molecule has 0 amide bonds. The number of β-amino-alcohol motifs (C(OH)–C–C–N with tert-alkyl or cyclic N) is 1. The highest BCUT2D eigenvalue weighted by molar-refractivity contribution is 5.58. The fourth-order valence-corrected chi connectivity index (χ4v) is 2.38. The number of rotatable bonds is 5. The van der Waals surface area contributed by atoms with E-state index in [-0.39, 0.29) is 12.6 Å². The van der Waals surface area contributed by atoms with Crippen molar-refractivity contribution in [2.24, 2.45) is 0 Å². The number of benzene rings is 1. The number of hydrogen-bond acceptors (Lipinski definition) is 5. The number of aliphatic hydroxyl groups is 1. The molecule has 1 aromatic heterocycles. The number of allylic oxidation sites excluding steroid dienone is 1. The summed E-state index contributed by atoms with van der Waals surface area (Å²) in [4.78, 5) is 6.00. The molecule has 1 aliphatic heterocycles. The van der Waals surface area contributed by atoms with Crippen molar-refractivity contribution in [3.63, 3.8) is 0 Å². The number of hydrogen-bond donors (Lipinski definition) is 2. The summed E-state index contributed by atoms with van der Waals surface area (Å²) in [7, 11) is 0. The quantitative estimate of drug-likeness (QED) is 0.864. The Kier molecular flexibility index (Phi) is 4.80. The maximum absolute atomic E-state index is 12.6. The van der Waals surface area contributed by atoms with Gasteiger partial charge in [0.1, 0.15) is 0 Å². The van der Waals surface area contributed by atoms with E-state index in [0.717, 1.165) is 17.8 Å². The molecule has 1 aromatic carbocycles. The summed E-state index contributed by atoms with van der Waals surface area (Å²) in [5.74, 6) is 0.365. The van der Waals surface area contributed by atoms with Gasteiger partial charge in [-0.1, -0.05) is 18.2 Å². The van der Waals surface area contributed by atoms with Crippen molar-refractivity contribution in [1.82, 2.24) is 9.88 Å². The Morgan fingerprint density at radius 1 is 1.24 bits per heavy atom. The summed E-state index contributed by atoms with van der Waals surface area (Å²) in [6, 6.07) is 4.93. The first-order valence-corrected chi connectivity index (χ1v) is 7.59. The van der Waals surface area contributed by atoms with E-state index in [9.17, 15) is 13.2 Å². The Morgan fingerprint density at radius 2 is 2.00 bits per heavy atom. The Morgan fingerprint density at radius 3 is 2.68 bits per heavy atom. The molecular formula is C17H16F3N3O2. The first-order chi connectivity index (χ1) is 12.0. The van der Waals surface area contributed by atoms with Crippen LogP contribution in [0.15, 0.2) is 58.9 Å². The Labute approximate surface area is 142 Å². The van der Waals surface area contributed by atoms with Crippen molar-refractivity contribution in [3.05, 3.63) is 60.1 Å². The van der Waals surface area contributed by atoms with Crippen LogP contribution in [0.3, 0.4) is 0 Å². The van der Waals surface area contributed by atoms with Gasteiger partial charge in [-0.25, -0.2) is 4.98 Å². The lowest BCUT2D eigenvalue weighted by atomic mass is 10.1. The minimum atomic E-state index is -4.37. The molecule has 0 fully saturated rings. The molecule has 0 bridgehead atoms. The zero-order valence-electron chi connectivity index (χ0n) is 13.1. The van der Waals surface area contributed by atoms with E-state index in [1.807, 2.05) is 23.3 Å². The van der Waals surface area contributed by atoms with Crippen LogP contribution in [-0.2, 0) is 6.18 Å². The zero-order valence-corrected chi connectivity index (χ0v) is 13.1. The largest absolute Gasteiger partial charge is 0.423 e. The van der Waals surface area contributed by atoms with Crippen LogP contribution >= 0.6 is 0 Å². The number of nitrogens with zero attached hydrogens (tertiary/aromatic N) is 2. The van der Waals surface area contributed by atoms with Crippen molar-refractivity contribution in [2.45, 2.75) is 6.18 Å². The standard InChI is InChI=1S/C17H16F3N3O2/c18-17(19,20)13-5-3-12(4-6-13)15-10-21-16(25-15)22-14-2-1-7-23(11-14)8-9-24/h1-6,10-11,24H,7-9H2,(H,21,22). The second-order valence-corrected chi connectivity index (χ2v) is 5.44. The summed E-state index contributed by atoms with van der Waals surface area (Å²) in [5.41, 5.74) is 0.528. The molecule has 0 saturated heterocycles. The van der Waals surface area contributed by atoms with E-state index < -0.39 is 11.7 Å². The lowest BCUT2D eigenvalue weighted by Gasteiger charge is -2.21. The first-order valence-electron chi connectivity index (χ1n) is 7.59. The third-order valence-electron chi connectivity index (χ3n) is 3.60. The molecule has 0 saturated carbocycles. The predicted molar refractivity (Wildman–Crippen MR) is 86.4 cm³/mol. The van der Waals surface area contributed by atoms with Gasteiger partial charge in [0.15, 0.2) is 5.76 Å². The van der Waals surface area contributed by atoms with Crippen molar-refractivity contribution >= 4 is 6.01 Å². The molecule has 3 rings (SSSR count). The monoisotopic (exact) mass is 351 g/mol. The molecule has 8 heteroatoms. The van der Waals surface area contributed by atoms with E-state index in [4.69, 9.17) is 9.52 Å². The zero-order chi connectivity index (χ0) is 17.9. The Hall–Kier alpha value is -2.74. The minimum absolute atomic E-state index is 0.0503. The Balaban J connectivity index is 1.71. The van der Waals surface area contributed by atoms with Crippen molar-refractivity contribution in [3.8, 4) is 11.3 Å². The van der Waals surface area contributed by atoms with Crippen LogP contribution < -0.4 is 5.32 Å². The van der Waals surface area contributed by atoms with Crippen LogP contribution in [0.5, 0.6) is 0 Å². The average Bonchev–Trinajstić information content (AvgIpc) is 3.03. The van der Waals surface area contributed by atoms with Crippen molar-refractivity contribution < 1.29 is 22.7 Å². The summed E-state index contributed by atoms with van der Waals surface area (Å²) in [6.45, 7) is 1.26. The summed E-state index contributed by atoms with van der Waals surface area (Å²) in [5, 5.41) is 12.0. The van der Waals surface area contributed by atoms with Gasteiger partial charge in [0.05, 0.1) is 24.1 Å². The van der Waals surface area contributed by atoms with Gasteiger partial charge in [-0.15, -0.1) is 0 Å². The maximum atomic E-state index is 12.6. The van der Waals surface area contributed by atoms with Crippen LogP contribution in [0.25, 0.3) is 11.3 Å². The molecule has 0 atom stereocenters. The van der Waals surface area contributed by atoms with Crippen LogP contribution in [0, 0.1) is 0 Å². The van der Waals surface area contributed by atoms with E-state index in [1.165, 1.54) is 18.3 Å². The summed E-state index contributed by atoms with van der Waals surface area (Å²) in [6.07, 6.45) is 2.70. The molecule has 0 spiro atoms. The van der Waals surface area contributed by atoms with E-state index >= 15 is 0 Å². The SMILES string of the molecule is OCCN1C=C(Nc2ncc(-c3ccc(C(F)(F)F)cc3)o2)C=CC1. The normalized spacial score (nSPS) is 14.6. The third-order valence-corrected chi connectivity index (χ3v) is 3.60. The second-order valence-electron chi connectivity index (χ2n) is 5.44. The lowest BCUT2D eigenvalue weighted by Crippen LogP contribution is -2.24. The number of alkyl halides is 3. The molecule has 1 aliphatic rings. The average molecular weight is 351 g/mol. The number of halogens is 3. The minimum Gasteiger partial charge on any atom is -0.423 e. The highest BCUT2D eigenvalue weighted by Crippen LogP contribution is 2.31. The number of nitrogens with one attached hydrogen (secondary N) is 1. The van der Waals surface area contributed by atoms with Gasteiger partial charge < -0.3 is 19.7 Å². The molecule has 2 aromatic rings. The van der Waals surface area contributed by atoms with Gasteiger partial charge in [-0.05, 0) is 18.2 Å². The molecule has 2 heterocycles. The molecular weight excluding hydrogens is 335 g/mol. The van der Waals surface area contributed by atoms with Gasteiger partial charge >= 0.3 is 6.18 Å². The summed E-state index contributed by atoms with van der Waals surface area (Å²) >= 11 is 0. The topological polar surface area (TPSA) is 61.5 Å². The van der Waals surface area contributed by atoms with Gasteiger partial charge in [0.25, 0.3) is 6.01 Å². The van der Waals surface area contributed by atoms with Crippen molar-refractivity contribution in [1.29, 1.82) is 0 Å². The molecule has 25 heavy (non-hydrogen) atoms. The van der Waals surface area contributed by atoms with Crippen LogP contribution in [0.1, 0.15) is 5.56 Å². The van der Waals surface area contributed by atoms with Crippen LogP contribution in [0.2, 0.25) is 0 Å². The third kappa shape index (κ3) is 4.21. The first kappa shape index (κ1) is 17.1. The molecule has 0 radical (unpaired) electrons. The van der Waals surface area contributed by atoms with Crippen LogP contribution in [-0.4, -0.2) is 34.7 Å². The number of anilines is 1.